The monoisotopic (exact) mass is 335 g/mol. The van der Waals surface area contributed by atoms with E-state index in [4.69, 9.17) is 5.11 Å². The average Bonchev–Trinajstić information content (AvgIpc) is 3.05. The lowest BCUT2D eigenvalue weighted by atomic mass is 10.2. The molecule has 6 nitrogen and oxygen atoms in total. The van der Waals surface area contributed by atoms with Gasteiger partial charge in [-0.3, -0.25) is 14.5 Å². The van der Waals surface area contributed by atoms with Crippen LogP contribution < -0.4 is 10.9 Å². The highest BCUT2D eigenvalue weighted by atomic mass is 32.1. The van der Waals surface area contributed by atoms with E-state index in [1.807, 2.05) is 28.7 Å². The van der Waals surface area contributed by atoms with Crippen molar-refractivity contribution >= 4 is 17.2 Å². The number of rotatable bonds is 8. The van der Waals surface area contributed by atoms with Gasteiger partial charge >= 0.3 is 0 Å². The molecule has 0 atom stereocenters. The number of hydrogen-bond donors (Lipinski definition) is 3. The normalized spacial score (nSPS) is 10.9. The second-order valence-electron chi connectivity index (χ2n) is 5.13. The number of pyridine rings is 1. The van der Waals surface area contributed by atoms with Crippen molar-refractivity contribution in [2.24, 2.45) is 0 Å². The van der Waals surface area contributed by atoms with Gasteiger partial charge in [-0.25, -0.2) is 0 Å². The number of aliphatic hydroxyl groups is 1. The summed E-state index contributed by atoms with van der Waals surface area (Å²) < 4.78 is 0. The number of likely N-dealkylation sites (N-methyl/N-ethyl adjacent to an activating group) is 1. The maximum absolute atomic E-state index is 12.1. The fourth-order valence-corrected chi connectivity index (χ4v) is 2.86. The van der Waals surface area contributed by atoms with Gasteiger partial charge in [0, 0.05) is 25.3 Å². The molecule has 3 N–H and O–H groups in total. The van der Waals surface area contributed by atoms with Crippen molar-refractivity contribution in [2.45, 2.75) is 20.0 Å². The van der Waals surface area contributed by atoms with Crippen LogP contribution in [0.1, 0.15) is 28.5 Å². The summed E-state index contributed by atoms with van der Waals surface area (Å²) >= 11 is 1.56. The third-order valence-electron chi connectivity index (χ3n) is 3.51. The fourth-order valence-electron chi connectivity index (χ4n) is 2.19. The van der Waals surface area contributed by atoms with Gasteiger partial charge in [-0.2, -0.15) is 11.3 Å². The quantitative estimate of drug-likeness (QED) is 0.676. The second kappa shape index (κ2) is 8.61. The lowest BCUT2D eigenvalue weighted by Gasteiger charge is -2.18. The molecule has 0 saturated heterocycles. The van der Waals surface area contributed by atoms with Crippen LogP contribution in [-0.4, -0.2) is 40.6 Å². The second-order valence-corrected chi connectivity index (χ2v) is 5.91. The van der Waals surface area contributed by atoms with Gasteiger partial charge in [-0.1, -0.05) is 6.92 Å². The Hall–Kier alpha value is -1.96. The zero-order chi connectivity index (χ0) is 16.7. The van der Waals surface area contributed by atoms with E-state index in [-0.39, 0.29) is 18.1 Å². The SMILES string of the molecule is CCN(CCO)Cc1ccc(C(=O)NCc2ccsc2)c(=O)[nH]1. The molecule has 0 unspecified atom stereocenters. The molecule has 0 radical (unpaired) electrons. The minimum Gasteiger partial charge on any atom is -0.395 e. The number of amides is 1. The van der Waals surface area contributed by atoms with E-state index in [1.165, 1.54) is 0 Å². The molecule has 124 valence electrons. The number of carbonyl (C=O) groups excluding carboxylic acids is 1. The molecule has 0 aliphatic heterocycles. The number of carbonyl (C=O) groups is 1. The van der Waals surface area contributed by atoms with Crippen LogP contribution in [0.25, 0.3) is 0 Å². The van der Waals surface area contributed by atoms with Gasteiger partial charge in [0.1, 0.15) is 5.56 Å². The van der Waals surface area contributed by atoms with Crippen LogP contribution in [0.15, 0.2) is 33.8 Å². The van der Waals surface area contributed by atoms with Gasteiger partial charge in [0.05, 0.1) is 6.61 Å². The Labute approximate surface area is 138 Å². The Bertz CT molecular complexity index is 682. The van der Waals surface area contributed by atoms with Gasteiger partial charge in [0.25, 0.3) is 11.5 Å². The van der Waals surface area contributed by atoms with E-state index in [9.17, 15) is 9.59 Å². The number of aromatic nitrogens is 1. The lowest BCUT2D eigenvalue weighted by Crippen LogP contribution is -2.31. The van der Waals surface area contributed by atoms with E-state index in [0.717, 1.165) is 17.8 Å². The zero-order valence-electron chi connectivity index (χ0n) is 13.0. The molecular weight excluding hydrogens is 314 g/mol. The van der Waals surface area contributed by atoms with Crippen LogP contribution in [0.5, 0.6) is 0 Å². The molecule has 2 heterocycles. The molecule has 0 saturated carbocycles. The number of H-pyrrole nitrogens is 1. The largest absolute Gasteiger partial charge is 0.395 e. The molecule has 0 aliphatic carbocycles. The smallest absolute Gasteiger partial charge is 0.261 e. The molecule has 1 amide bonds. The van der Waals surface area contributed by atoms with Crippen LogP contribution in [-0.2, 0) is 13.1 Å². The van der Waals surface area contributed by atoms with E-state index >= 15 is 0 Å². The first-order chi connectivity index (χ1) is 11.1. The van der Waals surface area contributed by atoms with Crippen LogP contribution in [0.4, 0.5) is 0 Å². The maximum atomic E-state index is 12.1. The topological polar surface area (TPSA) is 85.4 Å². The molecule has 0 aromatic carbocycles. The van der Waals surface area contributed by atoms with Gasteiger partial charge < -0.3 is 15.4 Å². The van der Waals surface area contributed by atoms with Crippen molar-refractivity contribution in [3.63, 3.8) is 0 Å². The summed E-state index contributed by atoms with van der Waals surface area (Å²) in [6.45, 7) is 4.31. The van der Waals surface area contributed by atoms with E-state index in [0.29, 0.717) is 19.6 Å². The molecular formula is C16H21N3O3S. The first-order valence-electron chi connectivity index (χ1n) is 7.48. The molecule has 23 heavy (non-hydrogen) atoms. The molecule has 2 rings (SSSR count). The Morgan fingerprint density at radius 3 is 2.83 bits per heavy atom. The van der Waals surface area contributed by atoms with Crippen molar-refractivity contribution in [1.29, 1.82) is 0 Å². The highest BCUT2D eigenvalue weighted by molar-refractivity contribution is 7.07. The number of thiophene rings is 1. The van der Waals surface area contributed by atoms with Crippen LogP contribution >= 0.6 is 11.3 Å². The molecule has 0 aliphatic rings. The summed E-state index contributed by atoms with van der Waals surface area (Å²) in [7, 11) is 0. The lowest BCUT2D eigenvalue weighted by molar-refractivity contribution is 0.0949. The van der Waals surface area contributed by atoms with E-state index < -0.39 is 5.56 Å². The van der Waals surface area contributed by atoms with Gasteiger partial charge in [-0.05, 0) is 41.1 Å². The number of aliphatic hydroxyl groups excluding tert-OH is 1. The molecule has 7 heteroatoms. The Kier molecular flexibility index (Phi) is 6.52. The third kappa shape index (κ3) is 5.02. The maximum Gasteiger partial charge on any atom is 0.261 e. The highest BCUT2D eigenvalue weighted by Gasteiger charge is 2.12. The minimum atomic E-state index is -0.398. The summed E-state index contributed by atoms with van der Waals surface area (Å²) in [4.78, 5) is 28.9. The number of aromatic amines is 1. The van der Waals surface area contributed by atoms with Crippen LogP contribution in [0.3, 0.4) is 0 Å². The van der Waals surface area contributed by atoms with Gasteiger partial charge in [-0.15, -0.1) is 0 Å². The summed E-state index contributed by atoms with van der Waals surface area (Å²) in [5, 5.41) is 15.6. The molecule has 0 spiro atoms. The standard InChI is InChI=1S/C16H21N3O3S/c1-2-19(6-7-20)10-13-3-4-14(16(22)18-13)15(21)17-9-12-5-8-23-11-12/h3-5,8,11,20H,2,6-7,9-10H2,1H3,(H,17,21)(H,18,22). The van der Waals surface area contributed by atoms with Crippen molar-refractivity contribution in [3.05, 3.63) is 56.1 Å². The summed E-state index contributed by atoms with van der Waals surface area (Å²) in [6, 6.07) is 5.21. The zero-order valence-corrected chi connectivity index (χ0v) is 13.9. The Morgan fingerprint density at radius 2 is 2.22 bits per heavy atom. The van der Waals surface area contributed by atoms with Crippen LogP contribution in [0, 0.1) is 0 Å². The summed E-state index contributed by atoms with van der Waals surface area (Å²) in [5.74, 6) is -0.383. The van der Waals surface area contributed by atoms with Crippen molar-refractivity contribution in [3.8, 4) is 0 Å². The van der Waals surface area contributed by atoms with E-state index in [2.05, 4.69) is 10.3 Å². The number of hydrogen-bond acceptors (Lipinski definition) is 5. The van der Waals surface area contributed by atoms with Crippen molar-refractivity contribution in [2.75, 3.05) is 19.7 Å². The number of nitrogens with one attached hydrogen (secondary N) is 2. The first kappa shape index (κ1) is 17.4. The van der Waals surface area contributed by atoms with Crippen LogP contribution in [0.2, 0.25) is 0 Å². The molecule has 0 bridgehead atoms. The summed E-state index contributed by atoms with van der Waals surface area (Å²) in [5.41, 5.74) is 1.44. The third-order valence-corrected chi connectivity index (χ3v) is 4.24. The number of nitrogens with zero attached hydrogens (tertiary/aromatic N) is 1. The fraction of sp³-hybridized carbons (Fsp3) is 0.375. The molecule has 0 fully saturated rings. The first-order valence-corrected chi connectivity index (χ1v) is 8.43. The average molecular weight is 335 g/mol. The highest BCUT2D eigenvalue weighted by Crippen LogP contribution is 2.06. The van der Waals surface area contributed by atoms with Crippen molar-refractivity contribution in [1.82, 2.24) is 15.2 Å². The predicted octanol–water partition coefficient (Wildman–Crippen LogP) is 1.18. The minimum absolute atomic E-state index is 0.0706. The van der Waals surface area contributed by atoms with Crippen molar-refractivity contribution < 1.29 is 9.90 Å². The summed E-state index contributed by atoms with van der Waals surface area (Å²) in [6.07, 6.45) is 0. The van der Waals surface area contributed by atoms with E-state index in [1.54, 1.807) is 23.5 Å². The van der Waals surface area contributed by atoms with Gasteiger partial charge in [0.15, 0.2) is 0 Å². The van der Waals surface area contributed by atoms with Gasteiger partial charge in [0.2, 0.25) is 0 Å². The molecule has 2 aromatic heterocycles. The Morgan fingerprint density at radius 1 is 1.39 bits per heavy atom. The predicted molar refractivity (Wildman–Crippen MR) is 90.6 cm³/mol. The Balaban J connectivity index is 2.00. The molecule has 2 aromatic rings.